The number of aromatic amines is 1. The Kier molecular flexibility index (Phi) is 3.55. The molecule has 0 aliphatic rings. The average molecular weight is 277 g/mol. The molecule has 1 aromatic heterocycles. The lowest BCUT2D eigenvalue weighted by atomic mass is 10.1. The van der Waals surface area contributed by atoms with Gasteiger partial charge >= 0.3 is 5.69 Å². The smallest absolute Gasteiger partial charge is 0.304 e. The van der Waals surface area contributed by atoms with Gasteiger partial charge < -0.3 is 11.1 Å². The molecular formula is C10H11N7O3. The number of para-hydroxylation sites is 1. The highest BCUT2D eigenvalue weighted by Crippen LogP contribution is 2.26. The molecule has 10 nitrogen and oxygen atoms in total. The molecule has 1 heterocycles. The standard InChI is InChI=1S/C10H11N7O3/c1-5(9-13-15-16-14-9)12-10(18)6-3-2-4-7(11)8(6)17(19)20/h2-5H,11H2,1H3,(H,12,18)(H,13,14,15,16). The summed E-state index contributed by atoms with van der Waals surface area (Å²) in [5.74, 6) is -0.369. The van der Waals surface area contributed by atoms with E-state index >= 15 is 0 Å². The highest BCUT2D eigenvalue weighted by atomic mass is 16.6. The minimum atomic E-state index is -0.691. The van der Waals surface area contributed by atoms with E-state index in [2.05, 4.69) is 25.9 Å². The monoisotopic (exact) mass is 277 g/mol. The fraction of sp³-hybridized carbons (Fsp3) is 0.200. The third-order valence-corrected chi connectivity index (χ3v) is 2.59. The summed E-state index contributed by atoms with van der Waals surface area (Å²) >= 11 is 0. The zero-order valence-electron chi connectivity index (χ0n) is 10.4. The summed E-state index contributed by atoms with van der Waals surface area (Å²) in [6, 6.07) is 3.60. The van der Waals surface area contributed by atoms with Crippen LogP contribution in [0.3, 0.4) is 0 Å². The number of aromatic nitrogens is 4. The molecule has 1 amide bonds. The Balaban J connectivity index is 2.26. The molecule has 0 saturated heterocycles. The fourth-order valence-electron chi connectivity index (χ4n) is 1.64. The minimum absolute atomic E-state index is 0.0742. The van der Waals surface area contributed by atoms with E-state index in [4.69, 9.17) is 5.73 Å². The molecule has 1 atom stereocenters. The Hall–Kier alpha value is -3.04. The van der Waals surface area contributed by atoms with Gasteiger partial charge in [0.25, 0.3) is 5.91 Å². The van der Waals surface area contributed by atoms with Crippen LogP contribution < -0.4 is 11.1 Å². The second-order valence-corrected chi connectivity index (χ2v) is 3.97. The topological polar surface area (TPSA) is 153 Å². The van der Waals surface area contributed by atoms with Crippen LogP contribution in [0, 0.1) is 10.1 Å². The number of nitrogens with zero attached hydrogens (tertiary/aromatic N) is 4. The summed E-state index contributed by atoms with van der Waals surface area (Å²) in [5.41, 5.74) is 4.90. The van der Waals surface area contributed by atoms with Crippen LogP contribution in [0.5, 0.6) is 0 Å². The molecule has 1 aromatic carbocycles. The molecule has 4 N–H and O–H groups in total. The first-order valence-corrected chi connectivity index (χ1v) is 5.57. The van der Waals surface area contributed by atoms with Gasteiger partial charge in [-0.3, -0.25) is 14.9 Å². The first-order valence-electron chi connectivity index (χ1n) is 5.57. The third kappa shape index (κ3) is 2.53. The van der Waals surface area contributed by atoms with E-state index in [1.54, 1.807) is 6.92 Å². The van der Waals surface area contributed by atoms with Gasteiger partial charge in [0.2, 0.25) is 0 Å². The van der Waals surface area contributed by atoms with E-state index < -0.39 is 22.6 Å². The molecule has 0 bridgehead atoms. The second kappa shape index (κ2) is 5.30. The van der Waals surface area contributed by atoms with Crippen LogP contribution in [0.15, 0.2) is 18.2 Å². The summed E-state index contributed by atoms with van der Waals surface area (Å²) in [6.45, 7) is 1.63. The lowest BCUT2D eigenvalue weighted by Crippen LogP contribution is -2.28. The van der Waals surface area contributed by atoms with Crippen LogP contribution in [-0.4, -0.2) is 31.5 Å². The number of carbonyl (C=O) groups excluding carboxylic acids is 1. The first-order chi connectivity index (χ1) is 9.50. The van der Waals surface area contributed by atoms with Gasteiger partial charge in [0.05, 0.1) is 11.0 Å². The quantitative estimate of drug-likeness (QED) is 0.409. The number of H-pyrrole nitrogens is 1. The van der Waals surface area contributed by atoms with E-state index in [0.717, 1.165) is 0 Å². The number of amides is 1. The van der Waals surface area contributed by atoms with Crippen LogP contribution in [0.2, 0.25) is 0 Å². The van der Waals surface area contributed by atoms with Gasteiger partial charge in [-0.1, -0.05) is 11.3 Å². The Morgan fingerprint density at radius 3 is 2.90 bits per heavy atom. The SMILES string of the molecule is CC(NC(=O)c1cccc(N)c1[N+](=O)[O-])c1nn[nH]n1. The number of tetrazole rings is 1. The Morgan fingerprint density at radius 2 is 2.30 bits per heavy atom. The molecule has 0 aliphatic heterocycles. The van der Waals surface area contributed by atoms with Crippen molar-refractivity contribution in [2.75, 3.05) is 5.73 Å². The lowest BCUT2D eigenvalue weighted by Gasteiger charge is -2.10. The number of rotatable bonds is 4. The van der Waals surface area contributed by atoms with Crippen molar-refractivity contribution in [2.45, 2.75) is 13.0 Å². The third-order valence-electron chi connectivity index (χ3n) is 2.59. The zero-order valence-corrected chi connectivity index (χ0v) is 10.4. The summed E-state index contributed by atoms with van der Waals surface area (Å²) in [4.78, 5) is 22.3. The van der Waals surface area contributed by atoms with Crippen LogP contribution >= 0.6 is 0 Å². The molecular weight excluding hydrogens is 266 g/mol. The average Bonchev–Trinajstić information content (AvgIpc) is 2.91. The number of hydrogen-bond donors (Lipinski definition) is 3. The number of nitro groups is 1. The van der Waals surface area contributed by atoms with Crippen molar-refractivity contribution >= 4 is 17.3 Å². The maximum Gasteiger partial charge on any atom is 0.304 e. The number of carbonyl (C=O) groups is 1. The highest BCUT2D eigenvalue weighted by Gasteiger charge is 2.24. The van der Waals surface area contributed by atoms with Crippen LogP contribution in [0.4, 0.5) is 11.4 Å². The van der Waals surface area contributed by atoms with Crippen LogP contribution in [-0.2, 0) is 0 Å². The zero-order chi connectivity index (χ0) is 14.7. The number of nitro benzene ring substituents is 1. The second-order valence-electron chi connectivity index (χ2n) is 3.97. The summed E-state index contributed by atoms with van der Waals surface area (Å²) in [7, 11) is 0. The van der Waals surface area contributed by atoms with Gasteiger partial charge in [0, 0.05) is 0 Å². The van der Waals surface area contributed by atoms with E-state index in [-0.39, 0.29) is 17.1 Å². The molecule has 0 aliphatic carbocycles. The van der Waals surface area contributed by atoms with Crippen LogP contribution in [0.25, 0.3) is 0 Å². The number of anilines is 1. The predicted molar refractivity (Wildman–Crippen MR) is 67.6 cm³/mol. The van der Waals surface area contributed by atoms with E-state index in [0.29, 0.717) is 0 Å². The Bertz CT molecular complexity index is 640. The van der Waals surface area contributed by atoms with Crippen molar-refractivity contribution in [1.29, 1.82) is 0 Å². The van der Waals surface area contributed by atoms with E-state index in [1.165, 1.54) is 18.2 Å². The molecule has 10 heteroatoms. The van der Waals surface area contributed by atoms with E-state index in [1.807, 2.05) is 0 Å². The van der Waals surface area contributed by atoms with E-state index in [9.17, 15) is 14.9 Å². The molecule has 2 aromatic rings. The van der Waals surface area contributed by atoms with Gasteiger partial charge in [-0.05, 0) is 19.1 Å². The number of nitrogens with one attached hydrogen (secondary N) is 2. The number of benzene rings is 1. The highest BCUT2D eigenvalue weighted by molar-refractivity contribution is 6.00. The van der Waals surface area contributed by atoms with Crippen molar-refractivity contribution in [3.8, 4) is 0 Å². The number of hydrogen-bond acceptors (Lipinski definition) is 7. The van der Waals surface area contributed by atoms with Gasteiger partial charge in [-0.2, -0.15) is 5.21 Å². The molecule has 0 saturated carbocycles. The van der Waals surface area contributed by atoms with Crippen LogP contribution in [0.1, 0.15) is 29.1 Å². The maximum absolute atomic E-state index is 12.1. The Labute approximate surface area is 112 Å². The Morgan fingerprint density at radius 1 is 1.55 bits per heavy atom. The number of nitrogen functional groups attached to an aromatic ring is 1. The van der Waals surface area contributed by atoms with Crippen molar-refractivity contribution < 1.29 is 9.72 Å². The maximum atomic E-state index is 12.1. The lowest BCUT2D eigenvalue weighted by molar-refractivity contribution is -0.384. The molecule has 0 radical (unpaired) electrons. The molecule has 104 valence electrons. The summed E-state index contributed by atoms with van der Waals surface area (Å²) in [5, 5.41) is 26.6. The van der Waals surface area contributed by atoms with Gasteiger partial charge in [0.1, 0.15) is 11.3 Å². The van der Waals surface area contributed by atoms with Crippen molar-refractivity contribution in [3.05, 3.63) is 39.7 Å². The molecule has 1 unspecified atom stereocenters. The van der Waals surface area contributed by atoms with Gasteiger partial charge in [-0.25, -0.2) is 0 Å². The molecule has 20 heavy (non-hydrogen) atoms. The largest absolute Gasteiger partial charge is 0.393 e. The summed E-state index contributed by atoms with van der Waals surface area (Å²) < 4.78 is 0. The molecule has 0 fully saturated rings. The summed E-state index contributed by atoms with van der Waals surface area (Å²) in [6.07, 6.45) is 0. The van der Waals surface area contributed by atoms with Crippen molar-refractivity contribution in [3.63, 3.8) is 0 Å². The molecule has 2 rings (SSSR count). The minimum Gasteiger partial charge on any atom is -0.393 e. The fourth-order valence-corrected chi connectivity index (χ4v) is 1.64. The molecule has 0 spiro atoms. The van der Waals surface area contributed by atoms with Gasteiger partial charge in [0.15, 0.2) is 5.82 Å². The van der Waals surface area contributed by atoms with Gasteiger partial charge in [-0.15, -0.1) is 10.2 Å². The van der Waals surface area contributed by atoms with Crippen molar-refractivity contribution in [1.82, 2.24) is 25.9 Å². The normalized spacial score (nSPS) is 11.8. The predicted octanol–water partition coefficient (Wildman–Crippen LogP) is 0.181. The first kappa shape index (κ1) is 13.4. The number of nitrogens with two attached hydrogens (primary N) is 1. The van der Waals surface area contributed by atoms with Crippen molar-refractivity contribution in [2.24, 2.45) is 0 Å².